The molecule has 0 aliphatic carbocycles. The predicted octanol–water partition coefficient (Wildman–Crippen LogP) is 1.45. The Hall–Kier alpha value is -0.620. The molecule has 0 fully saturated rings. The highest BCUT2D eigenvalue weighted by molar-refractivity contribution is 7.89. The number of nitrogens with one attached hydrogen (secondary N) is 1. The molecule has 0 aromatic rings. The Morgan fingerprint density at radius 3 is 2.35 bits per heavy atom. The topological polar surface area (TPSA) is 83.5 Å². The third-order valence-electron chi connectivity index (χ3n) is 2.33. The summed E-state index contributed by atoms with van der Waals surface area (Å²) >= 11 is 0. The van der Waals surface area contributed by atoms with Crippen LogP contribution in [0.3, 0.4) is 0 Å². The maximum Gasteiger partial charge on any atom is 0.303 e. The number of carbonyl (C=O) groups is 1. The van der Waals surface area contributed by atoms with Crippen LogP contribution in [0.2, 0.25) is 0 Å². The third kappa shape index (κ3) is 9.12. The van der Waals surface area contributed by atoms with Gasteiger partial charge in [-0.15, -0.1) is 0 Å². The molecule has 0 amide bonds. The Morgan fingerprint density at radius 2 is 1.94 bits per heavy atom. The van der Waals surface area contributed by atoms with E-state index in [1.54, 1.807) is 6.92 Å². The first kappa shape index (κ1) is 16.4. The van der Waals surface area contributed by atoms with Crippen molar-refractivity contribution < 1.29 is 18.3 Å². The molecule has 0 radical (unpaired) electrons. The molecule has 1 unspecified atom stereocenters. The van der Waals surface area contributed by atoms with Gasteiger partial charge in [0.1, 0.15) is 0 Å². The molecule has 0 saturated carbocycles. The van der Waals surface area contributed by atoms with Gasteiger partial charge in [-0.05, 0) is 24.7 Å². The van der Waals surface area contributed by atoms with E-state index in [0.29, 0.717) is 18.8 Å². The van der Waals surface area contributed by atoms with Crippen molar-refractivity contribution in [3.8, 4) is 0 Å². The van der Waals surface area contributed by atoms with Crippen LogP contribution >= 0.6 is 0 Å². The van der Waals surface area contributed by atoms with E-state index in [1.165, 1.54) is 0 Å². The molecule has 6 heteroatoms. The molecule has 17 heavy (non-hydrogen) atoms. The molecule has 0 aliphatic rings. The lowest BCUT2D eigenvalue weighted by molar-refractivity contribution is -0.138. The molecular formula is C11H23NO4S. The molecule has 2 N–H and O–H groups in total. The Kier molecular flexibility index (Phi) is 7.38. The number of aliphatic carboxylic acids is 1. The van der Waals surface area contributed by atoms with Crippen molar-refractivity contribution in [3.63, 3.8) is 0 Å². The van der Waals surface area contributed by atoms with Gasteiger partial charge in [-0.3, -0.25) is 4.79 Å². The fraction of sp³-hybridized carbons (Fsp3) is 0.909. The fourth-order valence-corrected chi connectivity index (χ4v) is 2.91. The van der Waals surface area contributed by atoms with Gasteiger partial charge in [0.2, 0.25) is 10.0 Å². The van der Waals surface area contributed by atoms with E-state index in [4.69, 9.17) is 5.11 Å². The van der Waals surface area contributed by atoms with Gasteiger partial charge < -0.3 is 5.11 Å². The fourth-order valence-electron chi connectivity index (χ4n) is 1.74. The van der Waals surface area contributed by atoms with Gasteiger partial charge in [-0.2, -0.15) is 0 Å². The van der Waals surface area contributed by atoms with E-state index < -0.39 is 16.0 Å². The van der Waals surface area contributed by atoms with E-state index in [2.05, 4.69) is 4.72 Å². The average molecular weight is 265 g/mol. The lowest BCUT2D eigenvalue weighted by Crippen LogP contribution is -2.32. The standard InChI is InChI=1S/C11H23NO4S/c1-4-5-17(15,16)12-8-10(6-9(2)3)7-11(13)14/h9-10,12H,4-8H2,1-3H3,(H,13,14). The minimum absolute atomic E-state index is 0.00677. The number of hydrogen-bond acceptors (Lipinski definition) is 3. The highest BCUT2D eigenvalue weighted by Gasteiger charge is 2.17. The molecule has 0 aliphatic heterocycles. The zero-order chi connectivity index (χ0) is 13.5. The number of carboxylic acids is 1. The summed E-state index contributed by atoms with van der Waals surface area (Å²) in [6.07, 6.45) is 1.27. The highest BCUT2D eigenvalue weighted by Crippen LogP contribution is 2.15. The molecule has 0 saturated heterocycles. The van der Waals surface area contributed by atoms with Crippen molar-refractivity contribution in [1.29, 1.82) is 0 Å². The second kappa shape index (κ2) is 7.66. The Labute approximate surface area is 104 Å². The van der Waals surface area contributed by atoms with Crippen molar-refractivity contribution in [2.45, 2.75) is 40.0 Å². The van der Waals surface area contributed by atoms with Crippen LogP contribution in [0.5, 0.6) is 0 Å². The van der Waals surface area contributed by atoms with Crippen molar-refractivity contribution in [2.75, 3.05) is 12.3 Å². The quantitative estimate of drug-likeness (QED) is 0.661. The van der Waals surface area contributed by atoms with Crippen molar-refractivity contribution in [3.05, 3.63) is 0 Å². The van der Waals surface area contributed by atoms with Gasteiger partial charge in [0.15, 0.2) is 0 Å². The minimum atomic E-state index is -3.24. The van der Waals surface area contributed by atoms with Crippen LogP contribution in [0.1, 0.15) is 40.0 Å². The van der Waals surface area contributed by atoms with Crippen LogP contribution in [0.25, 0.3) is 0 Å². The van der Waals surface area contributed by atoms with Gasteiger partial charge >= 0.3 is 5.97 Å². The monoisotopic (exact) mass is 265 g/mol. The number of sulfonamides is 1. The van der Waals surface area contributed by atoms with Gasteiger partial charge in [0.25, 0.3) is 0 Å². The summed E-state index contributed by atoms with van der Waals surface area (Å²) < 4.78 is 25.4. The van der Waals surface area contributed by atoms with E-state index in [-0.39, 0.29) is 24.6 Å². The van der Waals surface area contributed by atoms with Crippen LogP contribution in [0.4, 0.5) is 0 Å². The molecule has 0 aromatic carbocycles. The molecule has 0 bridgehead atoms. The summed E-state index contributed by atoms with van der Waals surface area (Å²) in [5, 5.41) is 8.75. The van der Waals surface area contributed by atoms with Gasteiger partial charge in [0, 0.05) is 13.0 Å². The molecule has 0 rings (SSSR count). The van der Waals surface area contributed by atoms with Crippen LogP contribution in [-0.4, -0.2) is 31.8 Å². The Morgan fingerprint density at radius 1 is 1.35 bits per heavy atom. The van der Waals surface area contributed by atoms with Crippen LogP contribution in [-0.2, 0) is 14.8 Å². The molecular weight excluding hydrogens is 242 g/mol. The zero-order valence-corrected chi connectivity index (χ0v) is 11.6. The lowest BCUT2D eigenvalue weighted by Gasteiger charge is -2.17. The first-order valence-electron chi connectivity index (χ1n) is 5.96. The molecule has 0 spiro atoms. The first-order valence-corrected chi connectivity index (χ1v) is 7.61. The van der Waals surface area contributed by atoms with Crippen molar-refractivity contribution in [1.82, 2.24) is 4.72 Å². The maximum absolute atomic E-state index is 11.4. The van der Waals surface area contributed by atoms with E-state index in [9.17, 15) is 13.2 Å². The first-order chi connectivity index (χ1) is 7.76. The van der Waals surface area contributed by atoms with Crippen LogP contribution in [0, 0.1) is 11.8 Å². The molecule has 1 atom stereocenters. The molecule has 0 aromatic heterocycles. The van der Waals surface area contributed by atoms with E-state index in [0.717, 1.165) is 0 Å². The van der Waals surface area contributed by atoms with E-state index in [1.807, 2.05) is 13.8 Å². The summed E-state index contributed by atoms with van der Waals surface area (Å²) in [6.45, 7) is 6.00. The predicted molar refractivity (Wildman–Crippen MR) is 67.3 cm³/mol. The third-order valence-corrected chi connectivity index (χ3v) is 3.89. The van der Waals surface area contributed by atoms with Crippen molar-refractivity contribution in [2.24, 2.45) is 11.8 Å². The summed E-state index contributed by atoms with van der Waals surface area (Å²) in [6, 6.07) is 0. The molecule has 0 heterocycles. The van der Waals surface area contributed by atoms with Gasteiger partial charge in [-0.25, -0.2) is 13.1 Å². The summed E-state index contributed by atoms with van der Waals surface area (Å²) in [4.78, 5) is 10.7. The second-order valence-electron chi connectivity index (χ2n) is 4.76. The lowest BCUT2D eigenvalue weighted by atomic mass is 9.94. The maximum atomic E-state index is 11.4. The molecule has 5 nitrogen and oxygen atoms in total. The van der Waals surface area contributed by atoms with Gasteiger partial charge in [-0.1, -0.05) is 20.8 Å². The summed E-state index contributed by atoms with van der Waals surface area (Å²) in [5.41, 5.74) is 0. The zero-order valence-electron chi connectivity index (χ0n) is 10.8. The summed E-state index contributed by atoms with van der Waals surface area (Å²) in [5.74, 6) is -0.575. The second-order valence-corrected chi connectivity index (χ2v) is 6.69. The van der Waals surface area contributed by atoms with Crippen molar-refractivity contribution >= 4 is 16.0 Å². The normalized spacial score (nSPS) is 13.9. The smallest absolute Gasteiger partial charge is 0.303 e. The number of carboxylic acid groups (broad SMARTS) is 1. The molecule has 102 valence electrons. The SMILES string of the molecule is CCCS(=O)(=O)NCC(CC(=O)O)CC(C)C. The largest absolute Gasteiger partial charge is 0.481 e. The van der Waals surface area contributed by atoms with Gasteiger partial charge in [0.05, 0.1) is 5.75 Å². The summed E-state index contributed by atoms with van der Waals surface area (Å²) in [7, 11) is -3.24. The highest BCUT2D eigenvalue weighted by atomic mass is 32.2. The average Bonchev–Trinajstić information content (AvgIpc) is 2.12. The Balaban J connectivity index is 4.29. The van der Waals surface area contributed by atoms with Crippen LogP contribution in [0.15, 0.2) is 0 Å². The van der Waals surface area contributed by atoms with Crippen LogP contribution < -0.4 is 4.72 Å². The minimum Gasteiger partial charge on any atom is -0.481 e. The Bertz CT molecular complexity index is 324. The van der Waals surface area contributed by atoms with E-state index >= 15 is 0 Å². The number of hydrogen-bond donors (Lipinski definition) is 2. The number of rotatable bonds is 9.